The molecule has 0 aliphatic carbocycles. The van der Waals surface area contributed by atoms with E-state index in [1.807, 2.05) is 25.1 Å². The number of phenols is 1. The van der Waals surface area contributed by atoms with Crippen molar-refractivity contribution in [3.05, 3.63) is 29.3 Å². The highest BCUT2D eigenvalue weighted by Crippen LogP contribution is 2.27. The summed E-state index contributed by atoms with van der Waals surface area (Å²) in [6.07, 6.45) is 0. The van der Waals surface area contributed by atoms with Crippen LogP contribution in [0.4, 0.5) is 0 Å². The number of aryl methyl sites for hydroxylation is 1. The Kier molecular flexibility index (Phi) is 4.21. The highest BCUT2D eigenvalue weighted by Gasteiger charge is 2.22. The third-order valence-electron chi connectivity index (χ3n) is 3.45. The normalized spacial score (nSPS) is 15.6. The number of benzene rings is 1. The van der Waals surface area contributed by atoms with Crippen molar-refractivity contribution in [2.75, 3.05) is 0 Å². The standard InChI is InChI=1S/C15H25NO/c1-10-7-8-13(14(17)9-10)11(2)16-12(3)15(4,5)6/h7-9,11-12,16-17H,1-6H3. The van der Waals surface area contributed by atoms with Crippen LogP contribution < -0.4 is 5.32 Å². The van der Waals surface area contributed by atoms with Gasteiger partial charge in [0.05, 0.1) is 0 Å². The van der Waals surface area contributed by atoms with Gasteiger partial charge in [0.25, 0.3) is 0 Å². The lowest BCUT2D eigenvalue weighted by atomic mass is 9.87. The molecule has 2 nitrogen and oxygen atoms in total. The summed E-state index contributed by atoms with van der Waals surface area (Å²) in [7, 11) is 0. The fraction of sp³-hybridized carbons (Fsp3) is 0.600. The van der Waals surface area contributed by atoms with E-state index >= 15 is 0 Å². The van der Waals surface area contributed by atoms with E-state index in [2.05, 4.69) is 39.9 Å². The molecule has 0 bridgehead atoms. The monoisotopic (exact) mass is 235 g/mol. The number of phenolic OH excluding ortho intramolecular Hbond substituents is 1. The summed E-state index contributed by atoms with van der Waals surface area (Å²) < 4.78 is 0. The molecule has 0 heterocycles. The van der Waals surface area contributed by atoms with Crippen molar-refractivity contribution < 1.29 is 5.11 Å². The molecule has 17 heavy (non-hydrogen) atoms. The van der Waals surface area contributed by atoms with Gasteiger partial charge in [-0.15, -0.1) is 0 Å². The first-order valence-corrected chi connectivity index (χ1v) is 6.27. The zero-order valence-electron chi connectivity index (χ0n) is 11.8. The van der Waals surface area contributed by atoms with Gasteiger partial charge in [-0.25, -0.2) is 0 Å². The lowest BCUT2D eigenvalue weighted by Crippen LogP contribution is -2.39. The lowest BCUT2D eigenvalue weighted by molar-refractivity contribution is 0.266. The van der Waals surface area contributed by atoms with Crippen molar-refractivity contribution >= 4 is 0 Å². The van der Waals surface area contributed by atoms with Gasteiger partial charge in [-0.2, -0.15) is 0 Å². The highest BCUT2D eigenvalue weighted by molar-refractivity contribution is 5.37. The Balaban J connectivity index is 2.80. The Hall–Kier alpha value is -1.02. The molecule has 0 radical (unpaired) electrons. The molecular weight excluding hydrogens is 210 g/mol. The summed E-state index contributed by atoms with van der Waals surface area (Å²) in [6.45, 7) is 12.9. The molecule has 1 aromatic carbocycles. The van der Waals surface area contributed by atoms with Gasteiger partial charge in [0.15, 0.2) is 0 Å². The number of hydrogen-bond donors (Lipinski definition) is 2. The third kappa shape index (κ3) is 3.74. The van der Waals surface area contributed by atoms with Crippen LogP contribution in [0.3, 0.4) is 0 Å². The van der Waals surface area contributed by atoms with Crippen LogP contribution in [0.5, 0.6) is 5.75 Å². The minimum absolute atomic E-state index is 0.157. The van der Waals surface area contributed by atoms with Crippen LogP contribution in [0.15, 0.2) is 18.2 Å². The van der Waals surface area contributed by atoms with Crippen molar-refractivity contribution in [2.45, 2.75) is 53.6 Å². The number of nitrogens with one attached hydrogen (secondary N) is 1. The molecule has 2 N–H and O–H groups in total. The van der Waals surface area contributed by atoms with Gasteiger partial charge in [-0.05, 0) is 37.8 Å². The maximum Gasteiger partial charge on any atom is 0.120 e. The van der Waals surface area contributed by atoms with Crippen LogP contribution in [0.1, 0.15) is 51.8 Å². The summed E-state index contributed by atoms with van der Waals surface area (Å²) in [5.41, 5.74) is 2.27. The fourth-order valence-electron chi connectivity index (χ4n) is 1.73. The molecule has 0 saturated carbocycles. The first-order chi connectivity index (χ1) is 7.71. The maximum absolute atomic E-state index is 9.94. The summed E-state index contributed by atoms with van der Waals surface area (Å²) >= 11 is 0. The molecule has 2 unspecified atom stereocenters. The summed E-state index contributed by atoms with van der Waals surface area (Å²) in [5, 5.41) is 13.5. The van der Waals surface area contributed by atoms with E-state index in [-0.39, 0.29) is 11.5 Å². The summed E-state index contributed by atoms with van der Waals surface area (Å²) in [5.74, 6) is 0.381. The van der Waals surface area contributed by atoms with Gasteiger partial charge in [0, 0.05) is 17.6 Å². The quantitative estimate of drug-likeness (QED) is 0.835. The second-order valence-corrected chi connectivity index (χ2v) is 6.04. The van der Waals surface area contributed by atoms with E-state index in [0.29, 0.717) is 11.8 Å². The second-order valence-electron chi connectivity index (χ2n) is 6.04. The van der Waals surface area contributed by atoms with Gasteiger partial charge < -0.3 is 10.4 Å². The largest absolute Gasteiger partial charge is 0.508 e. The minimum Gasteiger partial charge on any atom is -0.508 e. The van der Waals surface area contributed by atoms with Crippen LogP contribution in [0.2, 0.25) is 0 Å². The van der Waals surface area contributed by atoms with Crippen molar-refractivity contribution in [3.8, 4) is 5.75 Å². The maximum atomic E-state index is 9.94. The molecule has 0 fully saturated rings. The van der Waals surface area contributed by atoms with E-state index in [0.717, 1.165) is 11.1 Å². The molecule has 0 aromatic heterocycles. The zero-order valence-corrected chi connectivity index (χ0v) is 11.8. The van der Waals surface area contributed by atoms with Crippen LogP contribution in [-0.4, -0.2) is 11.1 Å². The number of aromatic hydroxyl groups is 1. The van der Waals surface area contributed by atoms with Crippen molar-refractivity contribution in [1.82, 2.24) is 5.32 Å². The first-order valence-electron chi connectivity index (χ1n) is 6.27. The molecule has 0 aliphatic heterocycles. The topological polar surface area (TPSA) is 32.3 Å². The summed E-state index contributed by atoms with van der Waals surface area (Å²) in [4.78, 5) is 0. The van der Waals surface area contributed by atoms with Crippen LogP contribution in [-0.2, 0) is 0 Å². The Labute approximate surface area is 105 Å². The molecule has 0 amide bonds. The Morgan fingerprint density at radius 3 is 2.24 bits per heavy atom. The van der Waals surface area contributed by atoms with Gasteiger partial charge >= 0.3 is 0 Å². The molecule has 1 aromatic rings. The summed E-state index contributed by atoms with van der Waals surface area (Å²) in [6, 6.07) is 6.39. The van der Waals surface area contributed by atoms with Gasteiger partial charge in [0.1, 0.15) is 5.75 Å². The lowest BCUT2D eigenvalue weighted by Gasteiger charge is -2.31. The van der Waals surface area contributed by atoms with E-state index in [1.165, 1.54) is 0 Å². The predicted octanol–water partition coefficient (Wildman–Crippen LogP) is 3.79. The van der Waals surface area contributed by atoms with Gasteiger partial charge in [-0.3, -0.25) is 0 Å². The van der Waals surface area contributed by atoms with E-state index < -0.39 is 0 Å². The van der Waals surface area contributed by atoms with E-state index in [1.54, 1.807) is 0 Å². The second kappa shape index (κ2) is 5.09. The van der Waals surface area contributed by atoms with Crippen molar-refractivity contribution in [3.63, 3.8) is 0 Å². The van der Waals surface area contributed by atoms with Crippen LogP contribution in [0, 0.1) is 12.3 Å². The molecular formula is C15H25NO. The molecule has 2 atom stereocenters. The Bertz CT molecular complexity index is 379. The van der Waals surface area contributed by atoms with Crippen LogP contribution >= 0.6 is 0 Å². The number of hydrogen-bond acceptors (Lipinski definition) is 2. The first kappa shape index (κ1) is 14.0. The van der Waals surface area contributed by atoms with Crippen molar-refractivity contribution in [1.29, 1.82) is 0 Å². The van der Waals surface area contributed by atoms with Crippen molar-refractivity contribution in [2.24, 2.45) is 5.41 Å². The van der Waals surface area contributed by atoms with Gasteiger partial charge in [0.2, 0.25) is 0 Å². The molecule has 1 rings (SSSR count). The Morgan fingerprint density at radius 2 is 1.76 bits per heavy atom. The van der Waals surface area contributed by atoms with Gasteiger partial charge in [-0.1, -0.05) is 32.9 Å². The molecule has 0 spiro atoms. The third-order valence-corrected chi connectivity index (χ3v) is 3.45. The molecule has 96 valence electrons. The smallest absolute Gasteiger partial charge is 0.120 e. The van der Waals surface area contributed by atoms with E-state index in [4.69, 9.17) is 0 Å². The predicted molar refractivity (Wildman–Crippen MR) is 73.3 cm³/mol. The zero-order chi connectivity index (χ0) is 13.2. The SMILES string of the molecule is Cc1ccc(C(C)NC(C)C(C)(C)C)c(O)c1. The van der Waals surface area contributed by atoms with E-state index in [9.17, 15) is 5.11 Å². The van der Waals surface area contributed by atoms with Crippen LogP contribution in [0.25, 0.3) is 0 Å². The average molecular weight is 235 g/mol. The number of rotatable bonds is 3. The fourth-order valence-corrected chi connectivity index (χ4v) is 1.73. The average Bonchev–Trinajstić information content (AvgIpc) is 2.15. The highest BCUT2D eigenvalue weighted by atomic mass is 16.3. The minimum atomic E-state index is 0.157. The molecule has 2 heteroatoms. The molecule has 0 saturated heterocycles. The molecule has 0 aliphatic rings. The Morgan fingerprint density at radius 1 is 1.18 bits per heavy atom.